The van der Waals surface area contributed by atoms with Crippen molar-refractivity contribution < 1.29 is 5.11 Å². The number of benzene rings is 1. The Morgan fingerprint density at radius 1 is 1.29 bits per heavy atom. The molecule has 0 aliphatic heterocycles. The van der Waals surface area contributed by atoms with Crippen LogP contribution in [0.1, 0.15) is 18.6 Å². The highest BCUT2D eigenvalue weighted by Gasteiger charge is 2.02. The highest BCUT2D eigenvalue weighted by atomic mass is 35.5. The molecule has 14 heavy (non-hydrogen) atoms. The SMILES string of the molecule is C[C@@H](O)c1ccc2ccc(Cl)nc2c1. The summed E-state index contributed by atoms with van der Waals surface area (Å²) < 4.78 is 0. The standard InChI is InChI=1S/C11H10ClNO/c1-7(14)9-3-2-8-4-5-11(12)13-10(8)6-9/h2-7,14H,1H3/t7-/m1/s1. The molecular formula is C11H10ClNO. The molecule has 1 aromatic carbocycles. The molecule has 0 saturated carbocycles. The van der Waals surface area contributed by atoms with Crippen molar-refractivity contribution in [2.45, 2.75) is 13.0 Å². The van der Waals surface area contributed by atoms with Crippen LogP contribution in [0.25, 0.3) is 10.9 Å². The van der Waals surface area contributed by atoms with E-state index in [0.717, 1.165) is 16.5 Å². The average molecular weight is 208 g/mol. The summed E-state index contributed by atoms with van der Waals surface area (Å²) in [4.78, 5) is 4.17. The van der Waals surface area contributed by atoms with Gasteiger partial charge < -0.3 is 5.11 Å². The van der Waals surface area contributed by atoms with Crippen molar-refractivity contribution in [1.29, 1.82) is 0 Å². The maximum absolute atomic E-state index is 9.39. The van der Waals surface area contributed by atoms with Crippen molar-refractivity contribution >= 4 is 22.5 Å². The first kappa shape index (κ1) is 9.44. The first-order valence-electron chi connectivity index (χ1n) is 4.41. The van der Waals surface area contributed by atoms with Gasteiger partial charge in [0.15, 0.2) is 0 Å². The van der Waals surface area contributed by atoms with Gasteiger partial charge >= 0.3 is 0 Å². The van der Waals surface area contributed by atoms with Gasteiger partial charge in [-0.2, -0.15) is 0 Å². The summed E-state index contributed by atoms with van der Waals surface area (Å²) in [5, 5.41) is 10.9. The molecule has 0 radical (unpaired) electrons. The van der Waals surface area contributed by atoms with Gasteiger partial charge in [0.1, 0.15) is 5.15 Å². The summed E-state index contributed by atoms with van der Waals surface area (Å²) in [5.74, 6) is 0. The molecule has 2 rings (SSSR count). The normalized spacial score (nSPS) is 13.1. The molecule has 3 heteroatoms. The van der Waals surface area contributed by atoms with Gasteiger partial charge in [0.2, 0.25) is 0 Å². The Labute approximate surface area is 87.2 Å². The van der Waals surface area contributed by atoms with Crippen LogP contribution in [0.15, 0.2) is 30.3 Å². The second-order valence-corrected chi connectivity index (χ2v) is 3.65. The topological polar surface area (TPSA) is 33.1 Å². The Hall–Kier alpha value is -1.12. The Bertz CT molecular complexity index is 468. The lowest BCUT2D eigenvalue weighted by atomic mass is 10.1. The predicted molar refractivity (Wildman–Crippen MR) is 57.4 cm³/mol. The molecule has 0 saturated heterocycles. The highest BCUT2D eigenvalue weighted by Crippen LogP contribution is 2.20. The molecular weight excluding hydrogens is 198 g/mol. The quantitative estimate of drug-likeness (QED) is 0.730. The summed E-state index contributed by atoms with van der Waals surface area (Å²) in [6.07, 6.45) is -0.472. The van der Waals surface area contributed by atoms with Crippen LogP contribution >= 0.6 is 11.6 Å². The second kappa shape index (κ2) is 3.56. The van der Waals surface area contributed by atoms with E-state index in [9.17, 15) is 5.11 Å². The van der Waals surface area contributed by atoms with Crippen molar-refractivity contribution in [1.82, 2.24) is 4.98 Å². The molecule has 1 atom stereocenters. The van der Waals surface area contributed by atoms with Crippen LogP contribution in [0, 0.1) is 0 Å². The molecule has 0 spiro atoms. The largest absolute Gasteiger partial charge is 0.389 e. The molecule has 1 heterocycles. The maximum Gasteiger partial charge on any atom is 0.129 e. The fraction of sp³-hybridized carbons (Fsp3) is 0.182. The predicted octanol–water partition coefficient (Wildman–Crippen LogP) is 2.94. The number of fused-ring (bicyclic) bond motifs is 1. The molecule has 0 aliphatic carbocycles. The number of aliphatic hydroxyl groups is 1. The van der Waals surface area contributed by atoms with Crippen LogP contribution in [0.5, 0.6) is 0 Å². The molecule has 2 nitrogen and oxygen atoms in total. The molecule has 2 aromatic rings. The molecule has 0 fully saturated rings. The zero-order valence-corrected chi connectivity index (χ0v) is 8.49. The Morgan fingerprint density at radius 2 is 2.00 bits per heavy atom. The minimum absolute atomic E-state index is 0.472. The molecule has 0 bridgehead atoms. The number of rotatable bonds is 1. The van der Waals surface area contributed by atoms with E-state index in [2.05, 4.69) is 4.98 Å². The number of nitrogens with zero attached hydrogens (tertiary/aromatic N) is 1. The highest BCUT2D eigenvalue weighted by molar-refractivity contribution is 6.29. The van der Waals surface area contributed by atoms with E-state index in [1.54, 1.807) is 13.0 Å². The molecule has 1 aromatic heterocycles. The monoisotopic (exact) mass is 207 g/mol. The summed E-state index contributed by atoms with van der Waals surface area (Å²) >= 11 is 5.78. The van der Waals surface area contributed by atoms with Crippen molar-refractivity contribution in [2.24, 2.45) is 0 Å². The van der Waals surface area contributed by atoms with E-state index in [0.29, 0.717) is 5.15 Å². The first-order chi connectivity index (χ1) is 6.66. The molecule has 0 unspecified atom stereocenters. The van der Waals surface area contributed by atoms with Crippen LogP contribution in [0.2, 0.25) is 5.15 Å². The number of hydrogen-bond donors (Lipinski definition) is 1. The zero-order chi connectivity index (χ0) is 10.1. The van der Waals surface area contributed by atoms with Gasteiger partial charge in [-0.15, -0.1) is 0 Å². The second-order valence-electron chi connectivity index (χ2n) is 3.26. The first-order valence-corrected chi connectivity index (χ1v) is 4.79. The summed E-state index contributed by atoms with van der Waals surface area (Å²) in [5.41, 5.74) is 1.67. The third kappa shape index (κ3) is 1.72. The van der Waals surface area contributed by atoms with Crippen LogP contribution < -0.4 is 0 Å². The van der Waals surface area contributed by atoms with E-state index in [4.69, 9.17) is 11.6 Å². The minimum atomic E-state index is -0.472. The summed E-state index contributed by atoms with van der Waals surface area (Å²) in [6.45, 7) is 1.73. The third-order valence-corrected chi connectivity index (χ3v) is 2.38. The van der Waals surface area contributed by atoms with Gasteiger partial charge in [-0.3, -0.25) is 0 Å². The van der Waals surface area contributed by atoms with Crippen molar-refractivity contribution in [3.63, 3.8) is 0 Å². The van der Waals surface area contributed by atoms with Gasteiger partial charge in [-0.1, -0.05) is 23.7 Å². The zero-order valence-electron chi connectivity index (χ0n) is 7.74. The number of halogens is 1. The van der Waals surface area contributed by atoms with Crippen LogP contribution in [-0.2, 0) is 0 Å². The molecule has 0 aliphatic rings. The number of aromatic nitrogens is 1. The van der Waals surface area contributed by atoms with Crippen molar-refractivity contribution in [2.75, 3.05) is 0 Å². The minimum Gasteiger partial charge on any atom is -0.389 e. The maximum atomic E-state index is 9.39. The van der Waals surface area contributed by atoms with Gasteiger partial charge in [-0.05, 0) is 30.7 Å². The summed E-state index contributed by atoms with van der Waals surface area (Å²) in [6, 6.07) is 9.34. The smallest absolute Gasteiger partial charge is 0.129 e. The lowest BCUT2D eigenvalue weighted by Crippen LogP contribution is -1.91. The lowest BCUT2D eigenvalue weighted by molar-refractivity contribution is 0.199. The number of hydrogen-bond acceptors (Lipinski definition) is 2. The van der Waals surface area contributed by atoms with E-state index in [1.165, 1.54) is 0 Å². The Balaban J connectivity index is 2.63. The van der Waals surface area contributed by atoms with Crippen LogP contribution in [0.4, 0.5) is 0 Å². The van der Waals surface area contributed by atoms with E-state index < -0.39 is 6.10 Å². The van der Waals surface area contributed by atoms with Gasteiger partial charge in [-0.25, -0.2) is 4.98 Å². The Morgan fingerprint density at radius 3 is 2.71 bits per heavy atom. The van der Waals surface area contributed by atoms with Crippen molar-refractivity contribution in [3.05, 3.63) is 41.0 Å². The number of pyridine rings is 1. The summed E-state index contributed by atoms with van der Waals surface area (Å²) in [7, 11) is 0. The third-order valence-electron chi connectivity index (χ3n) is 2.16. The fourth-order valence-corrected chi connectivity index (χ4v) is 1.52. The van der Waals surface area contributed by atoms with E-state index in [1.807, 2.05) is 24.3 Å². The fourth-order valence-electron chi connectivity index (χ4n) is 1.37. The van der Waals surface area contributed by atoms with Gasteiger partial charge in [0.25, 0.3) is 0 Å². The van der Waals surface area contributed by atoms with Gasteiger partial charge in [0.05, 0.1) is 11.6 Å². The van der Waals surface area contributed by atoms with Crippen LogP contribution in [-0.4, -0.2) is 10.1 Å². The average Bonchev–Trinajstić information content (AvgIpc) is 2.16. The lowest BCUT2D eigenvalue weighted by Gasteiger charge is -2.05. The van der Waals surface area contributed by atoms with E-state index in [-0.39, 0.29) is 0 Å². The molecule has 1 N–H and O–H groups in total. The van der Waals surface area contributed by atoms with Crippen LogP contribution in [0.3, 0.4) is 0 Å². The Kier molecular flexibility index (Phi) is 2.40. The van der Waals surface area contributed by atoms with Crippen molar-refractivity contribution in [3.8, 4) is 0 Å². The number of aliphatic hydroxyl groups excluding tert-OH is 1. The van der Waals surface area contributed by atoms with Gasteiger partial charge in [0, 0.05) is 5.39 Å². The molecule has 72 valence electrons. The van der Waals surface area contributed by atoms with E-state index >= 15 is 0 Å². The molecule has 0 amide bonds.